The first kappa shape index (κ1) is 6.46. The summed E-state index contributed by atoms with van der Waals surface area (Å²) in [5.41, 5.74) is 4.16. The Kier molecular flexibility index (Phi) is 1.20. The molecule has 12 heavy (non-hydrogen) atoms. The van der Waals surface area contributed by atoms with Crippen molar-refractivity contribution in [3.05, 3.63) is 23.5 Å². The van der Waals surface area contributed by atoms with Crippen molar-refractivity contribution in [3.8, 4) is 0 Å². The highest BCUT2D eigenvalue weighted by molar-refractivity contribution is 6.06. The number of hydrogen-bond donors (Lipinski definition) is 1. The van der Waals surface area contributed by atoms with Gasteiger partial charge in [0.1, 0.15) is 0 Å². The van der Waals surface area contributed by atoms with Crippen molar-refractivity contribution in [1.82, 2.24) is 5.32 Å². The Morgan fingerprint density at radius 2 is 2.42 bits per heavy atom. The third-order valence-corrected chi connectivity index (χ3v) is 3.02. The van der Waals surface area contributed by atoms with Gasteiger partial charge in [-0.25, -0.2) is 0 Å². The lowest BCUT2D eigenvalue weighted by atomic mass is 9.87. The van der Waals surface area contributed by atoms with Crippen LogP contribution in [0, 0.1) is 5.92 Å². The molecule has 2 nitrogen and oxygen atoms in total. The standard InChI is InChI=1S/C10H12N2/c1-2-9-8(4-6-11-9)10-7(1)3-5-12-10/h4,6-7,12H,1-3,5H2. The minimum atomic E-state index is 0.807. The highest BCUT2D eigenvalue weighted by atomic mass is 14.9. The maximum atomic E-state index is 4.36. The number of nitrogens with one attached hydrogen (secondary N) is 1. The minimum absolute atomic E-state index is 0.807. The van der Waals surface area contributed by atoms with Crippen LogP contribution in [-0.4, -0.2) is 12.3 Å². The van der Waals surface area contributed by atoms with Gasteiger partial charge < -0.3 is 5.32 Å². The largest absolute Gasteiger partial charge is 0.388 e. The molecular formula is C10H12N2. The van der Waals surface area contributed by atoms with Gasteiger partial charge in [0.15, 0.2) is 0 Å². The molecular weight excluding hydrogens is 148 g/mol. The molecule has 3 aliphatic rings. The quantitative estimate of drug-likeness (QED) is 0.572. The number of hydrogen-bond acceptors (Lipinski definition) is 2. The maximum absolute atomic E-state index is 4.36. The van der Waals surface area contributed by atoms with E-state index in [1.165, 1.54) is 36.2 Å². The molecule has 1 unspecified atom stereocenters. The average Bonchev–Trinajstić information content (AvgIpc) is 2.71. The number of rotatable bonds is 0. The van der Waals surface area contributed by atoms with E-state index < -0.39 is 0 Å². The summed E-state index contributed by atoms with van der Waals surface area (Å²) < 4.78 is 0. The molecule has 0 spiro atoms. The predicted molar refractivity (Wildman–Crippen MR) is 48.9 cm³/mol. The zero-order valence-corrected chi connectivity index (χ0v) is 7.01. The van der Waals surface area contributed by atoms with Crippen molar-refractivity contribution < 1.29 is 0 Å². The van der Waals surface area contributed by atoms with E-state index in [0.29, 0.717) is 0 Å². The SMILES string of the molecule is C1=CC2=C3NCCC3CCC2=N1. The molecule has 3 rings (SSSR count). The van der Waals surface area contributed by atoms with Gasteiger partial charge >= 0.3 is 0 Å². The van der Waals surface area contributed by atoms with Crippen molar-refractivity contribution in [2.24, 2.45) is 10.9 Å². The molecule has 1 N–H and O–H groups in total. The normalized spacial score (nSPS) is 31.3. The Morgan fingerprint density at radius 3 is 3.42 bits per heavy atom. The molecule has 0 saturated carbocycles. The predicted octanol–water partition coefficient (Wildman–Crippen LogP) is 1.61. The fraction of sp³-hybridized carbons (Fsp3) is 0.500. The van der Waals surface area contributed by atoms with E-state index in [1.54, 1.807) is 0 Å². The van der Waals surface area contributed by atoms with E-state index in [4.69, 9.17) is 0 Å². The summed E-state index contributed by atoms with van der Waals surface area (Å²) in [6.45, 7) is 1.16. The van der Waals surface area contributed by atoms with Crippen LogP contribution >= 0.6 is 0 Å². The van der Waals surface area contributed by atoms with Crippen molar-refractivity contribution in [1.29, 1.82) is 0 Å². The first-order valence-corrected chi connectivity index (χ1v) is 4.67. The molecule has 1 atom stereocenters. The van der Waals surface area contributed by atoms with Gasteiger partial charge in [-0.1, -0.05) is 0 Å². The topological polar surface area (TPSA) is 24.4 Å². The summed E-state index contributed by atoms with van der Waals surface area (Å²) in [6.07, 6.45) is 7.87. The average molecular weight is 160 g/mol. The molecule has 1 saturated heterocycles. The highest BCUT2D eigenvalue weighted by Crippen LogP contribution is 2.34. The van der Waals surface area contributed by atoms with E-state index in [2.05, 4.69) is 16.4 Å². The van der Waals surface area contributed by atoms with Crippen LogP contribution < -0.4 is 5.32 Å². The van der Waals surface area contributed by atoms with E-state index in [9.17, 15) is 0 Å². The van der Waals surface area contributed by atoms with Crippen LogP contribution in [0.3, 0.4) is 0 Å². The molecule has 0 amide bonds. The molecule has 1 fully saturated rings. The smallest absolute Gasteiger partial charge is 0.0494 e. The monoisotopic (exact) mass is 160 g/mol. The number of fused-ring (bicyclic) bond motifs is 2. The zero-order chi connectivity index (χ0) is 7.97. The van der Waals surface area contributed by atoms with Crippen LogP contribution in [0.1, 0.15) is 19.3 Å². The molecule has 2 aliphatic heterocycles. The van der Waals surface area contributed by atoms with Crippen LogP contribution in [0.5, 0.6) is 0 Å². The zero-order valence-electron chi connectivity index (χ0n) is 7.01. The summed E-state index contributed by atoms with van der Waals surface area (Å²) in [4.78, 5) is 4.36. The maximum Gasteiger partial charge on any atom is 0.0494 e. The summed E-state index contributed by atoms with van der Waals surface area (Å²) in [5.74, 6) is 0.807. The lowest BCUT2D eigenvalue weighted by Crippen LogP contribution is -2.19. The van der Waals surface area contributed by atoms with Gasteiger partial charge in [-0.15, -0.1) is 0 Å². The van der Waals surface area contributed by atoms with Crippen molar-refractivity contribution in [3.63, 3.8) is 0 Å². The van der Waals surface area contributed by atoms with Gasteiger partial charge in [-0.05, 0) is 25.3 Å². The second-order valence-corrected chi connectivity index (χ2v) is 3.67. The third kappa shape index (κ3) is 0.724. The van der Waals surface area contributed by atoms with Crippen LogP contribution in [0.2, 0.25) is 0 Å². The van der Waals surface area contributed by atoms with E-state index in [-0.39, 0.29) is 0 Å². The van der Waals surface area contributed by atoms with Crippen molar-refractivity contribution in [2.45, 2.75) is 19.3 Å². The fourth-order valence-corrected chi connectivity index (χ4v) is 2.40. The molecule has 1 aliphatic carbocycles. The van der Waals surface area contributed by atoms with Crippen LogP contribution in [-0.2, 0) is 0 Å². The summed E-state index contributed by atoms with van der Waals surface area (Å²) in [6, 6.07) is 0. The van der Waals surface area contributed by atoms with Gasteiger partial charge in [0.25, 0.3) is 0 Å². The molecule has 62 valence electrons. The minimum Gasteiger partial charge on any atom is -0.388 e. The number of nitrogens with zero attached hydrogens (tertiary/aromatic N) is 1. The third-order valence-electron chi connectivity index (χ3n) is 3.02. The summed E-state index contributed by atoms with van der Waals surface area (Å²) in [5, 5.41) is 3.48. The first-order chi connectivity index (χ1) is 5.95. The van der Waals surface area contributed by atoms with Gasteiger partial charge in [0.05, 0.1) is 0 Å². The van der Waals surface area contributed by atoms with E-state index in [1.807, 2.05) is 6.20 Å². The van der Waals surface area contributed by atoms with Crippen LogP contribution in [0.15, 0.2) is 28.5 Å². The Labute approximate surface area is 72.1 Å². The summed E-state index contributed by atoms with van der Waals surface area (Å²) >= 11 is 0. The lowest BCUT2D eigenvalue weighted by Gasteiger charge is -2.20. The second-order valence-electron chi connectivity index (χ2n) is 3.67. The number of allylic oxidation sites excluding steroid dienone is 3. The van der Waals surface area contributed by atoms with Crippen molar-refractivity contribution in [2.75, 3.05) is 6.54 Å². The Bertz CT molecular complexity index is 310. The molecule has 0 bridgehead atoms. The molecule has 2 heterocycles. The molecule has 0 aromatic carbocycles. The summed E-state index contributed by atoms with van der Waals surface area (Å²) in [7, 11) is 0. The van der Waals surface area contributed by atoms with E-state index in [0.717, 1.165) is 12.5 Å². The lowest BCUT2D eigenvalue weighted by molar-refractivity contribution is 0.586. The van der Waals surface area contributed by atoms with Gasteiger partial charge in [0.2, 0.25) is 0 Å². The highest BCUT2D eigenvalue weighted by Gasteiger charge is 2.30. The van der Waals surface area contributed by atoms with Gasteiger partial charge in [-0.2, -0.15) is 0 Å². The van der Waals surface area contributed by atoms with E-state index >= 15 is 0 Å². The molecule has 2 heteroatoms. The Balaban J connectivity index is 2.12. The Hall–Kier alpha value is -1.05. The molecule has 0 aromatic rings. The number of aliphatic imine (C=N–C) groups is 1. The molecule has 0 radical (unpaired) electrons. The Morgan fingerprint density at radius 1 is 1.42 bits per heavy atom. The van der Waals surface area contributed by atoms with Gasteiger partial charge in [-0.3, -0.25) is 4.99 Å². The van der Waals surface area contributed by atoms with Gasteiger partial charge in [0, 0.05) is 35.6 Å². The fourth-order valence-electron chi connectivity index (χ4n) is 2.40. The molecule has 0 aromatic heterocycles. The first-order valence-electron chi connectivity index (χ1n) is 4.67. The second kappa shape index (κ2) is 2.22. The van der Waals surface area contributed by atoms with Crippen LogP contribution in [0.4, 0.5) is 0 Å². The van der Waals surface area contributed by atoms with Crippen LogP contribution in [0.25, 0.3) is 0 Å². The van der Waals surface area contributed by atoms with Crippen molar-refractivity contribution >= 4 is 5.71 Å².